The molecule has 178 valence electrons. The van der Waals surface area contributed by atoms with Crippen molar-refractivity contribution in [1.82, 2.24) is 31.2 Å². The molecular weight excluding hydrogens is 440 g/mol. The number of nitrogens with one attached hydrogen (secondary N) is 5. The van der Waals surface area contributed by atoms with E-state index in [4.69, 9.17) is 0 Å². The van der Waals surface area contributed by atoms with E-state index in [9.17, 15) is 29.4 Å². The SMILES string of the molecule is CSCCC(NC(=O)C(CO)NC(=O)C(Cc1cnc[nH]1)NC(=O)C1CCCN1)C(=O)O. The van der Waals surface area contributed by atoms with Gasteiger partial charge in [-0.25, -0.2) is 9.78 Å². The van der Waals surface area contributed by atoms with Crippen LogP contribution in [-0.2, 0) is 25.6 Å². The minimum atomic E-state index is -1.37. The fourth-order valence-corrected chi connectivity index (χ4v) is 3.71. The summed E-state index contributed by atoms with van der Waals surface area (Å²) in [5.41, 5.74) is 0.595. The lowest BCUT2D eigenvalue weighted by Crippen LogP contribution is -2.58. The van der Waals surface area contributed by atoms with Gasteiger partial charge in [0.05, 0.1) is 19.0 Å². The number of carboxylic acids is 1. The quantitative estimate of drug-likeness (QED) is 0.171. The number of nitrogens with zero attached hydrogens (tertiary/aromatic N) is 1. The molecule has 0 aromatic carbocycles. The molecule has 4 unspecified atom stereocenters. The summed E-state index contributed by atoms with van der Waals surface area (Å²) in [5, 5.41) is 29.4. The highest BCUT2D eigenvalue weighted by Crippen LogP contribution is 2.07. The fraction of sp³-hybridized carbons (Fsp3) is 0.632. The van der Waals surface area contributed by atoms with Crippen molar-refractivity contribution in [3.05, 3.63) is 18.2 Å². The second-order valence-electron chi connectivity index (χ2n) is 7.42. The van der Waals surface area contributed by atoms with Crippen LogP contribution in [0.4, 0.5) is 0 Å². The molecule has 1 aromatic heterocycles. The fourth-order valence-electron chi connectivity index (χ4n) is 3.24. The number of carbonyl (C=O) groups is 4. The van der Waals surface area contributed by atoms with Gasteiger partial charge >= 0.3 is 5.97 Å². The minimum Gasteiger partial charge on any atom is -0.480 e. The topological polar surface area (TPSA) is 186 Å². The Kier molecular flexibility index (Phi) is 10.4. The van der Waals surface area contributed by atoms with Gasteiger partial charge in [0.15, 0.2) is 0 Å². The first-order chi connectivity index (χ1) is 15.3. The molecule has 2 heterocycles. The van der Waals surface area contributed by atoms with Crippen LogP contribution >= 0.6 is 11.8 Å². The van der Waals surface area contributed by atoms with Crippen LogP contribution in [0.1, 0.15) is 25.0 Å². The molecule has 1 saturated heterocycles. The first kappa shape index (κ1) is 25.6. The van der Waals surface area contributed by atoms with Crippen molar-refractivity contribution in [1.29, 1.82) is 0 Å². The Bertz CT molecular complexity index is 770. The van der Waals surface area contributed by atoms with Crippen LogP contribution in [0.2, 0.25) is 0 Å². The molecule has 13 heteroatoms. The number of H-pyrrole nitrogens is 1. The number of aliphatic carboxylic acids is 1. The lowest BCUT2D eigenvalue weighted by Gasteiger charge is -2.24. The van der Waals surface area contributed by atoms with E-state index in [1.807, 2.05) is 6.26 Å². The molecule has 0 radical (unpaired) electrons. The second-order valence-corrected chi connectivity index (χ2v) is 8.40. The number of carbonyl (C=O) groups excluding carboxylic acids is 3. The van der Waals surface area contributed by atoms with Crippen LogP contribution in [0.3, 0.4) is 0 Å². The van der Waals surface area contributed by atoms with Gasteiger partial charge in [-0.05, 0) is 37.8 Å². The van der Waals surface area contributed by atoms with Crippen molar-refractivity contribution in [2.45, 2.75) is 49.9 Å². The van der Waals surface area contributed by atoms with Gasteiger partial charge in [0.2, 0.25) is 17.7 Å². The largest absolute Gasteiger partial charge is 0.480 e. The highest BCUT2D eigenvalue weighted by molar-refractivity contribution is 7.98. The molecule has 32 heavy (non-hydrogen) atoms. The van der Waals surface area contributed by atoms with E-state index < -0.39 is 48.6 Å². The van der Waals surface area contributed by atoms with E-state index in [2.05, 4.69) is 31.2 Å². The molecule has 0 bridgehead atoms. The van der Waals surface area contributed by atoms with Gasteiger partial charge in [0.1, 0.15) is 18.1 Å². The van der Waals surface area contributed by atoms with Crippen molar-refractivity contribution in [3.63, 3.8) is 0 Å². The number of aliphatic hydroxyl groups excluding tert-OH is 1. The van der Waals surface area contributed by atoms with Gasteiger partial charge in [-0.1, -0.05) is 0 Å². The normalized spacial score (nSPS) is 18.4. The third kappa shape index (κ3) is 7.80. The van der Waals surface area contributed by atoms with Gasteiger partial charge in [-0.15, -0.1) is 0 Å². The Morgan fingerprint density at radius 2 is 1.91 bits per heavy atom. The number of thioether (sulfide) groups is 1. The Labute approximate surface area is 189 Å². The molecule has 2 rings (SSSR count). The Balaban J connectivity index is 2.04. The zero-order valence-corrected chi connectivity index (χ0v) is 18.6. The van der Waals surface area contributed by atoms with Crippen LogP contribution in [0, 0.1) is 0 Å². The van der Waals surface area contributed by atoms with Crippen molar-refractivity contribution in [2.75, 3.05) is 25.2 Å². The van der Waals surface area contributed by atoms with E-state index in [0.29, 0.717) is 24.4 Å². The first-order valence-corrected chi connectivity index (χ1v) is 11.7. The van der Waals surface area contributed by atoms with Gasteiger partial charge < -0.3 is 36.5 Å². The molecule has 7 N–H and O–H groups in total. The minimum absolute atomic E-state index is 0.0928. The van der Waals surface area contributed by atoms with Crippen LogP contribution in [0.15, 0.2) is 12.5 Å². The van der Waals surface area contributed by atoms with E-state index in [1.165, 1.54) is 24.3 Å². The maximum Gasteiger partial charge on any atom is 0.326 e. The van der Waals surface area contributed by atoms with Crippen LogP contribution in [0.25, 0.3) is 0 Å². The van der Waals surface area contributed by atoms with Crippen molar-refractivity contribution in [2.24, 2.45) is 0 Å². The number of imidazole rings is 1. The number of rotatable bonds is 13. The molecule has 3 amide bonds. The van der Waals surface area contributed by atoms with Crippen molar-refractivity contribution >= 4 is 35.5 Å². The van der Waals surface area contributed by atoms with Gasteiger partial charge in [0, 0.05) is 18.3 Å². The van der Waals surface area contributed by atoms with Crippen LogP contribution in [0.5, 0.6) is 0 Å². The van der Waals surface area contributed by atoms with Gasteiger partial charge in [-0.2, -0.15) is 11.8 Å². The zero-order chi connectivity index (χ0) is 23.5. The maximum atomic E-state index is 12.9. The number of hydrogen-bond donors (Lipinski definition) is 7. The summed E-state index contributed by atoms with van der Waals surface area (Å²) in [6.45, 7) is -0.0229. The summed E-state index contributed by atoms with van der Waals surface area (Å²) in [5.74, 6) is -2.53. The Morgan fingerprint density at radius 3 is 2.47 bits per heavy atom. The molecule has 4 atom stereocenters. The zero-order valence-electron chi connectivity index (χ0n) is 17.8. The molecule has 0 spiro atoms. The van der Waals surface area contributed by atoms with E-state index >= 15 is 0 Å². The number of hydrogen-bond acceptors (Lipinski definition) is 8. The third-order valence-corrected chi connectivity index (χ3v) is 5.67. The lowest BCUT2D eigenvalue weighted by molar-refractivity contribution is -0.142. The first-order valence-electron chi connectivity index (χ1n) is 10.3. The van der Waals surface area contributed by atoms with E-state index in [-0.39, 0.29) is 18.7 Å². The summed E-state index contributed by atoms with van der Waals surface area (Å²) in [6.07, 6.45) is 6.56. The third-order valence-electron chi connectivity index (χ3n) is 5.03. The number of amides is 3. The van der Waals surface area contributed by atoms with E-state index in [0.717, 1.165) is 6.42 Å². The Morgan fingerprint density at radius 1 is 1.19 bits per heavy atom. The number of aromatic amines is 1. The number of aromatic nitrogens is 2. The Hall–Kier alpha value is -2.64. The highest BCUT2D eigenvalue weighted by atomic mass is 32.2. The summed E-state index contributed by atoms with van der Waals surface area (Å²) < 4.78 is 0. The second kappa shape index (κ2) is 13.0. The summed E-state index contributed by atoms with van der Waals surface area (Å²) in [4.78, 5) is 56.0. The number of carboxylic acid groups (broad SMARTS) is 1. The molecule has 12 nitrogen and oxygen atoms in total. The maximum absolute atomic E-state index is 12.9. The average Bonchev–Trinajstić information content (AvgIpc) is 3.48. The summed E-state index contributed by atoms with van der Waals surface area (Å²) in [6, 6.07) is -3.95. The molecule has 0 saturated carbocycles. The standard InChI is InChI=1S/C19H30N6O6S/c1-32-6-4-13(19(30)31)23-18(29)15(9-26)25-17(28)14(7-11-8-20-10-22-11)24-16(27)12-3-2-5-21-12/h8,10,12-15,21,26H,2-7,9H2,1H3,(H,20,22)(H,23,29)(H,24,27)(H,25,28)(H,30,31). The highest BCUT2D eigenvalue weighted by Gasteiger charge is 2.31. The molecular formula is C19H30N6O6S. The smallest absolute Gasteiger partial charge is 0.326 e. The van der Waals surface area contributed by atoms with Crippen LogP contribution < -0.4 is 21.3 Å². The number of aliphatic hydroxyl groups is 1. The van der Waals surface area contributed by atoms with Gasteiger partial charge in [0.25, 0.3) is 0 Å². The van der Waals surface area contributed by atoms with Crippen molar-refractivity contribution < 1.29 is 29.4 Å². The van der Waals surface area contributed by atoms with Crippen molar-refractivity contribution in [3.8, 4) is 0 Å². The average molecular weight is 471 g/mol. The lowest BCUT2D eigenvalue weighted by atomic mass is 10.1. The molecule has 1 aromatic rings. The molecule has 1 aliphatic rings. The molecule has 1 fully saturated rings. The molecule has 1 aliphatic heterocycles. The predicted octanol–water partition coefficient (Wildman–Crippen LogP) is -2.01. The van der Waals surface area contributed by atoms with Crippen LogP contribution in [-0.4, -0.2) is 93.2 Å². The monoisotopic (exact) mass is 470 g/mol. The van der Waals surface area contributed by atoms with Gasteiger partial charge in [-0.3, -0.25) is 14.4 Å². The molecule has 0 aliphatic carbocycles. The summed E-state index contributed by atoms with van der Waals surface area (Å²) >= 11 is 1.43. The predicted molar refractivity (Wildman–Crippen MR) is 117 cm³/mol. The van der Waals surface area contributed by atoms with E-state index in [1.54, 1.807) is 0 Å². The summed E-state index contributed by atoms with van der Waals surface area (Å²) in [7, 11) is 0.